The fourth-order valence-electron chi connectivity index (χ4n) is 2.25. The maximum atomic E-state index is 7.52. The summed E-state index contributed by atoms with van der Waals surface area (Å²) >= 11 is 0. The van der Waals surface area contributed by atoms with E-state index in [1.54, 1.807) is 0 Å². The minimum atomic E-state index is 0.245. The van der Waals surface area contributed by atoms with E-state index in [1.165, 1.54) is 18.4 Å². The average molecular weight is 231 g/mol. The normalized spacial score (nSPS) is 17.1. The standard InChI is InChI=1S/C14H21N3/c1-17(10-11-7-8-11)13(9-14(15)16)12-5-3-2-4-6-12/h2-6,11,13H,7-10H2,1H3,(H3,15,16). The van der Waals surface area contributed by atoms with Crippen LogP contribution >= 0.6 is 0 Å². The van der Waals surface area contributed by atoms with Gasteiger partial charge in [-0.05, 0) is 31.4 Å². The number of rotatable bonds is 6. The number of hydrogen-bond acceptors (Lipinski definition) is 2. The van der Waals surface area contributed by atoms with E-state index in [1.807, 2.05) is 18.2 Å². The maximum Gasteiger partial charge on any atom is 0.0924 e. The van der Waals surface area contributed by atoms with E-state index in [-0.39, 0.29) is 11.9 Å². The summed E-state index contributed by atoms with van der Waals surface area (Å²) in [6.07, 6.45) is 3.32. The van der Waals surface area contributed by atoms with Crippen LogP contribution in [0.2, 0.25) is 0 Å². The van der Waals surface area contributed by atoms with E-state index < -0.39 is 0 Å². The first-order valence-corrected chi connectivity index (χ1v) is 6.25. The Hall–Kier alpha value is -1.35. The van der Waals surface area contributed by atoms with Crippen LogP contribution in [0, 0.1) is 11.3 Å². The zero-order valence-corrected chi connectivity index (χ0v) is 10.4. The van der Waals surface area contributed by atoms with Crippen molar-refractivity contribution in [1.29, 1.82) is 5.41 Å². The Balaban J connectivity index is 2.08. The summed E-state index contributed by atoms with van der Waals surface area (Å²) in [5.74, 6) is 1.12. The van der Waals surface area contributed by atoms with Crippen LogP contribution in [0.4, 0.5) is 0 Å². The number of nitrogens with one attached hydrogen (secondary N) is 1. The van der Waals surface area contributed by atoms with E-state index in [0.717, 1.165) is 12.5 Å². The molecule has 1 saturated carbocycles. The summed E-state index contributed by atoms with van der Waals surface area (Å²) in [5, 5.41) is 7.52. The molecule has 1 aromatic carbocycles. The van der Waals surface area contributed by atoms with Crippen LogP contribution in [-0.4, -0.2) is 24.3 Å². The van der Waals surface area contributed by atoms with Gasteiger partial charge in [-0.3, -0.25) is 10.3 Å². The predicted molar refractivity (Wildman–Crippen MR) is 71.1 cm³/mol. The summed E-state index contributed by atoms with van der Waals surface area (Å²) in [4.78, 5) is 2.34. The monoisotopic (exact) mass is 231 g/mol. The number of nitrogens with two attached hydrogens (primary N) is 1. The molecule has 17 heavy (non-hydrogen) atoms. The lowest BCUT2D eigenvalue weighted by molar-refractivity contribution is 0.240. The van der Waals surface area contributed by atoms with Gasteiger partial charge in [0.15, 0.2) is 0 Å². The molecule has 0 radical (unpaired) electrons. The first kappa shape index (κ1) is 12.1. The second kappa shape index (κ2) is 5.32. The molecule has 1 aromatic rings. The molecule has 92 valence electrons. The topological polar surface area (TPSA) is 53.1 Å². The minimum absolute atomic E-state index is 0.245. The van der Waals surface area contributed by atoms with Gasteiger partial charge in [-0.25, -0.2) is 0 Å². The molecular weight excluding hydrogens is 210 g/mol. The molecule has 3 heteroatoms. The molecule has 1 fully saturated rings. The van der Waals surface area contributed by atoms with Crippen LogP contribution in [0.3, 0.4) is 0 Å². The highest BCUT2D eigenvalue weighted by Crippen LogP contribution is 2.32. The zero-order valence-electron chi connectivity index (χ0n) is 10.4. The van der Waals surface area contributed by atoms with Crippen LogP contribution in [0.15, 0.2) is 30.3 Å². The first-order chi connectivity index (χ1) is 8.16. The molecule has 1 aliphatic rings. The molecule has 3 nitrogen and oxygen atoms in total. The molecule has 0 aliphatic heterocycles. The van der Waals surface area contributed by atoms with E-state index in [4.69, 9.17) is 11.1 Å². The van der Waals surface area contributed by atoms with Gasteiger partial charge >= 0.3 is 0 Å². The lowest BCUT2D eigenvalue weighted by atomic mass is 10.0. The van der Waals surface area contributed by atoms with Gasteiger partial charge in [-0.15, -0.1) is 0 Å². The van der Waals surface area contributed by atoms with E-state index in [9.17, 15) is 0 Å². The Morgan fingerprint density at radius 3 is 2.59 bits per heavy atom. The SMILES string of the molecule is CN(CC1CC1)C(CC(=N)N)c1ccccc1. The maximum absolute atomic E-state index is 7.52. The van der Waals surface area contributed by atoms with Gasteiger partial charge < -0.3 is 5.73 Å². The van der Waals surface area contributed by atoms with E-state index in [0.29, 0.717) is 6.42 Å². The van der Waals surface area contributed by atoms with E-state index in [2.05, 4.69) is 24.1 Å². The highest BCUT2D eigenvalue weighted by molar-refractivity contribution is 5.77. The Kier molecular flexibility index (Phi) is 3.79. The van der Waals surface area contributed by atoms with Crippen LogP contribution in [0.1, 0.15) is 30.9 Å². The first-order valence-electron chi connectivity index (χ1n) is 6.25. The molecule has 0 aromatic heterocycles. The lowest BCUT2D eigenvalue weighted by Gasteiger charge is -2.28. The van der Waals surface area contributed by atoms with Gasteiger partial charge in [0.05, 0.1) is 5.84 Å². The van der Waals surface area contributed by atoms with Gasteiger partial charge in [-0.1, -0.05) is 30.3 Å². The molecule has 1 atom stereocenters. The van der Waals surface area contributed by atoms with Crippen LogP contribution < -0.4 is 5.73 Å². The molecule has 0 heterocycles. The van der Waals surface area contributed by atoms with Crippen LogP contribution in [0.25, 0.3) is 0 Å². The summed E-state index contributed by atoms with van der Waals surface area (Å²) in [6.45, 7) is 1.12. The van der Waals surface area contributed by atoms with Crippen molar-refractivity contribution < 1.29 is 0 Å². The summed E-state index contributed by atoms with van der Waals surface area (Å²) in [7, 11) is 2.14. The second-order valence-corrected chi connectivity index (χ2v) is 5.04. The molecule has 2 rings (SSSR count). The quantitative estimate of drug-likeness (QED) is 0.583. The highest BCUT2D eigenvalue weighted by atomic mass is 15.1. The minimum Gasteiger partial charge on any atom is -0.388 e. The van der Waals surface area contributed by atoms with Gasteiger partial charge in [0.1, 0.15) is 0 Å². The summed E-state index contributed by atoms with van der Waals surface area (Å²) < 4.78 is 0. The fourth-order valence-corrected chi connectivity index (χ4v) is 2.25. The van der Waals surface area contributed by atoms with Crippen LogP contribution in [-0.2, 0) is 0 Å². The Morgan fingerprint density at radius 2 is 2.06 bits per heavy atom. The molecule has 1 unspecified atom stereocenters. The number of hydrogen-bond donors (Lipinski definition) is 2. The van der Waals surface area contributed by atoms with Gasteiger partial charge in [-0.2, -0.15) is 0 Å². The van der Waals surface area contributed by atoms with Crippen molar-refractivity contribution in [2.75, 3.05) is 13.6 Å². The van der Waals surface area contributed by atoms with Crippen molar-refractivity contribution in [1.82, 2.24) is 4.90 Å². The molecule has 0 saturated heterocycles. The smallest absolute Gasteiger partial charge is 0.0924 e. The fraction of sp³-hybridized carbons (Fsp3) is 0.500. The zero-order chi connectivity index (χ0) is 12.3. The van der Waals surface area contributed by atoms with Crippen molar-refractivity contribution in [3.05, 3.63) is 35.9 Å². The third kappa shape index (κ3) is 3.56. The molecule has 0 spiro atoms. The van der Waals surface area contributed by atoms with Gasteiger partial charge in [0.25, 0.3) is 0 Å². The van der Waals surface area contributed by atoms with Gasteiger partial charge in [0.2, 0.25) is 0 Å². The Labute approximate surface area is 103 Å². The Bertz CT molecular complexity index is 370. The largest absolute Gasteiger partial charge is 0.388 e. The number of benzene rings is 1. The van der Waals surface area contributed by atoms with Gasteiger partial charge in [0, 0.05) is 19.0 Å². The van der Waals surface area contributed by atoms with E-state index >= 15 is 0 Å². The van der Waals surface area contributed by atoms with Crippen molar-refractivity contribution in [2.24, 2.45) is 11.7 Å². The number of nitrogens with zero attached hydrogens (tertiary/aromatic N) is 1. The predicted octanol–water partition coefficient (Wildman–Crippen LogP) is 2.40. The Morgan fingerprint density at radius 1 is 1.41 bits per heavy atom. The molecule has 1 aliphatic carbocycles. The van der Waals surface area contributed by atoms with Crippen molar-refractivity contribution in [2.45, 2.75) is 25.3 Å². The highest BCUT2D eigenvalue weighted by Gasteiger charge is 2.26. The van der Waals surface area contributed by atoms with Crippen molar-refractivity contribution >= 4 is 5.84 Å². The third-order valence-electron chi connectivity index (χ3n) is 3.37. The molecular formula is C14H21N3. The lowest BCUT2D eigenvalue weighted by Crippen LogP contribution is -2.30. The van der Waals surface area contributed by atoms with Crippen LogP contribution in [0.5, 0.6) is 0 Å². The third-order valence-corrected chi connectivity index (χ3v) is 3.37. The summed E-state index contributed by atoms with van der Waals surface area (Å²) in [5.41, 5.74) is 6.83. The second-order valence-electron chi connectivity index (χ2n) is 5.04. The molecule has 0 bridgehead atoms. The molecule has 0 amide bonds. The van der Waals surface area contributed by atoms with Crippen molar-refractivity contribution in [3.8, 4) is 0 Å². The van der Waals surface area contributed by atoms with Crippen molar-refractivity contribution in [3.63, 3.8) is 0 Å². The molecule has 3 N–H and O–H groups in total. The average Bonchev–Trinajstić information content (AvgIpc) is 3.10. The summed E-state index contributed by atoms with van der Waals surface area (Å²) in [6, 6.07) is 10.6. The number of amidine groups is 1.